The van der Waals surface area contributed by atoms with E-state index in [9.17, 15) is 19.2 Å². The molecule has 1 spiro atoms. The van der Waals surface area contributed by atoms with Gasteiger partial charge in [-0.15, -0.1) is 0 Å². The maximum absolute atomic E-state index is 12.5. The molecule has 8 nitrogen and oxygen atoms in total. The molecule has 1 saturated carbocycles. The number of amides is 2. The molecule has 3 N–H and O–H groups in total. The topological polar surface area (TPSA) is 124 Å². The first-order chi connectivity index (χ1) is 9.85. The molecule has 1 heterocycles. The Hall–Kier alpha value is -1.96. The molecule has 116 valence electrons. The van der Waals surface area contributed by atoms with Crippen LogP contribution in [0.5, 0.6) is 0 Å². The molecule has 21 heavy (non-hydrogen) atoms. The van der Waals surface area contributed by atoms with Gasteiger partial charge >= 0.3 is 11.9 Å². The van der Waals surface area contributed by atoms with Gasteiger partial charge < -0.3 is 10.2 Å². The Labute approximate surface area is 121 Å². The Morgan fingerprint density at radius 1 is 1.14 bits per heavy atom. The molecule has 2 rings (SSSR count). The molecular formula is C13H18N2O6. The summed E-state index contributed by atoms with van der Waals surface area (Å²) >= 11 is 0. The number of carbonyl (C=O) groups excluding carboxylic acids is 2. The van der Waals surface area contributed by atoms with Gasteiger partial charge in [-0.3, -0.25) is 29.4 Å². The molecule has 0 aromatic rings. The molecule has 0 bridgehead atoms. The van der Waals surface area contributed by atoms with Crippen molar-refractivity contribution in [3.8, 4) is 0 Å². The second-order valence-electron chi connectivity index (χ2n) is 5.56. The minimum atomic E-state index is -1.29. The van der Waals surface area contributed by atoms with Crippen LogP contribution in [0.1, 0.15) is 38.5 Å². The molecule has 0 radical (unpaired) electrons. The van der Waals surface area contributed by atoms with Crippen LogP contribution in [-0.4, -0.2) is 57.0 Å². The van der Waals surface area contributed by atoms with Gasteiger partial charge in [0.25, 0.3) is 0 Å². The van der Waals surface area contributed by atoms with Gasteiger partial charge in [-0.25, -0.2) is 0 Å². The van der Waals surface area contributed by atoms with E-state index in [-0.39, 0.29) is 0 Å². The van der Waals surface area contributed by atoms with Crippen LogP contribution in [0.25, 0.3) is 0 Å². The SMILES string of the molecule is O=C(O)C[C@@H]1NC2(CCCCC2)C(=O)N(CC(=O)O)C1=O. The summed E-state index contributed by atoms with van der Waals surface area (Å²) in [5.41, 5.74) is -0.998. The molecule has 1 aliphatic heterocycles. The zero-order chi connectivity index (χ0) is 15.6. The second-order valence-corrected chi connectivity index (χ2v) is 5.56. The lowest BCUT2D eigenvalue weighted by molar-refractivity contribution is -0.164. The Balaban J connectivity index is 2.30. The van der Waals surface area contributed by atoms with E-state index in [1.807, 2.05) is 0 Å². The largest absolute Gasteiger partial charge is 0.481 e. The summed E-state index contributed by atoms with van der Waals surface area (Å²) in [6.07, 6.45) is 3.05. The van der Waals surface area contributed by atoms with E-state index in [1.54, 1.807) is 0 Å². The minimum Gasteiger partial charge on any atom is -0.481 e. The van der Waals surface area contributed by atoms with Crippen molar-refractivity contribution in [3.63, 3.8) is 0 Å². The maximum Gasteiger partial charge on any atom is 0.323 e. The minimum absolute atomic E-state index is 0.468. The van der Waals surface area contributed by atoms with Gasteiger partial charge in [-0.05, 0) is 12.8 Å². The highest BCUT2D eigenvalue weighted by atomic mass is 16.4. The van der Waals surface area contributed by atoms with Crippen LogP contribution in [0.3, 0.4) is 0 Å². The van der Waals surface area contributed by atoms with Gasteiger partial charge in [0.05, 0.1) is 18.0 Å². The smallest absolute Gasteiger partial charge is 0.323 e. The van der Waals surface area contributed by atoms with E-state index < -0.39 is 48.3 Å². The number of carbonyl (C=O) groups is 4. The zero-order valence-electron chi connectivity index (χ0n) is 11.5. The fourth-order valence-electron chi connectivity index (χ4n) is 3.12. The number of nitrogens with one attached hydrogen (secondary N) is 1. The van der Waals surface area contributed by atoms with Crippen LogP contribution in [0.2, 0.25) is 0 Å². The fourth-order valence-corrected chi connectivity index (χ4v) is 3.12. The third-order valence-electron chi connectivity index (χ3n) is 4.05. The van der Waals surface area contributed by atoms with E-state index in [0.717, 1.165) is 19.3 Å². The lowest BCUT2D eigenvalue weighted by atomic mass is 9.78. The predicted molar refractivity (Wildman–Crippen MR) is 69.3 cm³/mol. The predicted octanol–water partition coefficient (Wildman–Crippen LogP) is -0.424. The van der Waals surface area contributed by atoms with Crippen molar-refractivity contribution in [2.45, 2.75) is 50.1 Å². The molecule has 8 heteroatoms. The molecule has 1 saturated heterocycles. The molecular weight excluding hydrogens is 280 g/mol. The number of carboxylic acid groups (broad SMARTS) is 2. The maximum atomic E-state index is 12.5. The molecule has 2 amide bonds. The second kappa shape index (κ2) is 5.80. The van der Waals surface area contributed by atoms with Crippen molar-refractivity contribution in [2.75, 3.05) is 6.54 Å². The standard InChI is InChI=1S/C13H18N2O6/c16-9(17)6-8-11(20)15(7-10(18)19)12(21)13(14-8)4-2-1-3-5-13/h8,14H,1-7H2,(H,16,17)(H,18,19)/t8-/m0/s1. The number of rotatable bonds is 4. The summed E-state index contributed by atoms with van der Waals surface area (Å²) < 4.78 is 0. The van der Waals surface area contributed by atoms with Gasteiger partial charge in [-0.2, -0.15) is 0 Å². The normalized spacial score (nSPS) is 25.1. The van der Waals surface area contributed by atoms with E-state index in [0.29, 0.717) is 17.7 Å². The first-order valence-electron chi connectivity index (χ1n) is 6.93. The van der Waals surface area contributed by atoms with Crippen molar-refractivity contribution >= 4 is 23.8 Å². The van der Waals surface area contributed by atoms with Gasteiger partial charge in [-0.1, -0.05) is 19.3 Å². The fraction of sp³-hybridized carbons (Fsp3) is 0.692. The highest BCUT2D eigenvalue weighted by molar-refractivity contribution is 6.07. The number of nitrogens with zero attached hydrogens (tertiary/aromatic N) is 1. The molecule has 0 unspecified atom stereocenters. The van der Waals surface area contributed by atoms with Crippen molar-refractivity contribution in [2.24, 2.45) is 0 Å². The monoisotopic (exact) mass is 298 g/mol. The third kappa shape index (κ3) is 3.05. The molecule has 0 aromatic carbocycles. The number of aliphatic carboxylic acids is 2. The van der Waals surface area contributed by atoms with Crippen LogP contribution in [0.15, 0.2) is 0 Å². The van der Waals surface area contributed by atoms with E-state index in [4.69, 9.17) is 10.2 Å². The lowest BCUT2D eigenvalue weighted by Gasteiger charge is -2.46. The number of piperazine rings is 1. The first kappa shape index (κ1) is 15.4. The van der Waals surface area contributed by atoms with E-state index in [2.05, 4.69) is 5.32 Å². The third-order valence-corrected chi connectivity index (χ3v) is 4.05. The summed E-state index contributed by atoms with van der Waals surface area (Å²) in [7, 11) is 0. The first-order valence-corrected chi connectivity index (χ1v) is 6.93. The van der Waals surface area contributed by atoms with Crippen LogP contribution in [0.4, 0.5) is 0 Å². The van der Waals surface area contributed by atoms with Crippen molar-refractivity contribution in [1.29, 1.82) is 0 Å². The Morgan fingerprint density at radius 3 is 2.29 bits per heavy atom. The van der Waals surface area contributed by atoms with E-state index >= 15 is 0 Å². The average Bonchev–Trinajstić information content (AvgIpc) is 2.41. The number of hydrogen-bond donors (Lipinski definition) is 3. The highest BCUT2D eigenvalue weighted by Crippen LogP contribution is 2.33. The summed E-state index contributed by atoms with van der Waals surface area (Å²) in [6, 6.07) is -1.06. The van der Waals surface area contributed by atoms with Crippen molar-refractivity contribution < 1.29 is 29.4 Å². The molecule has 1 aliphatic carbocycles. The summed E-state index contributed by atoms with van der Waals surface area (Å²) in [4.78, 5) is 47.1. The van der Waals surface area contributed by atoms with Crippen LogP contribution in [-0.2, 0) is 19.2 Å². The molecule has 2 aliphatic rings. The van der Waals surface area contributed by atoms with Gasteiger partial charge in [0, 0.05) is 0 Å². The molecule has 2 fully saturated rings. The van der Waals surface area contributed by atoms with E-state index in [1.165, 1.54) is 0 Å². The molecule has 0 aromatic heterocycles. The quantitative estimate of drug-likeness (QED) is 0.602. The summed E-state index contributed by atoms with van der Waals surface area (Å²) in [5, 5.41) is 20.7. The Kier molecular flexibility index (Phi) is 4.26. The van der Waals surface area contributed by atoms with Gasteiger partial charge in [0.1, 0.15) is 6.54 Å². The lowest BCUT2D eigenvalue weighted by Crippen LogP contribution is -2.71. The Morgan fingerprint density at radius 2 is 1.76 bits per heavy atom. The van der Waals surface area contributed by atoms with Crippen LogP contribution in [0, 0.1) is 0 Å². The van der Waals surface area contributed by atoms with Crippen molar-refractivity contribution in [1.82, 2.24) is 10.2 Å². The van der Waals surface area contributed by atoms with Crippen LogP contribution < -0.4 is 5.32 Å². The van der Waals surface area contributed by atoms with Gasteiger partial charge in [0.2, 0.25) is 11.8 Å². The summed E-state index contributed by atoms with van der Waals surface area (Å²) in [5.74, 6) is -3.78. The average molecular weight is 298 g/mol. The Bertz CT molecular complexity index is 483. The number of imide groups is 1. The number of hydrogen-bond acceptors (Lipinski definition) is 5. The van der Waals surface area contributed by atoms with Crippen LogP contribution >= 0.6 is 0 Å². The number of carboxylic acids is 2. The van der Waals surface area contributed by atoms with Crippen molar-refractivity contribution in [3.05, 3.63) is 0 Å². The molecule has 1 atom stereocenters. The summed E-state index contributed by atoms with van der Waals surface area (Å²) in [6.45, 7) is -0.725. The van der Waals surface area contributed by atoms with Gasteiger partial charge in [0.15, 0.2) is 0 Å². The highest BCUT2D eigenvalue weighted by Gasteiger charge is 2.51. The zero-order valence-corrected chi connectivity index (χ0v) is 11.5.